The number of aromatic nitrogens is 3. The van der Waals surface area contributed by atoms with Gasteiger partial charge in [0.15, 0.2) is 0 Å². The van der Waals surface area contributed by atoms with Crippen molar-refractivity contribution in [3.8, 4) is 0 Å². The molecule has 1 saturated carbocycles. The third kappa shape index (κ3) is 2.32. The van der Waals surface area contributed by atoms with Crippen LogP contribution in [0.1, 0.15) is 38.6 Å². The van der Waals surface area contributed by atoms with Crippen LogP contribution in [0, 0.1) is 5.41 Å². The number of hydrogen-bond donors (Lipinski definition) is 0. The maximum absolute atomic E-state index is 13.1. The van der Waals surface area contributed by atoms with Crippen LogP contribution in [0.4, 0.5) is 0 Å². The fourth-order valence-electron chi connectivity index (χ4n) is 3.81. The van der Waals surface area contributed by atoms with Crippen molar-refractivity contribution in [3.05, 3.63) is 39.3 Å². The third-order valence-electron chi connectivity index (χ3n) is 5.10. The largest absolute Gasteiger partial charge is 0.380 e. The topological polar surface area (TPSA) is 66.1 Å². The molecule has 0 amide bonds. The summed E-state index contributed by atoms with van der Waals surface area (Å²) in [5, 5.41) is 0.530. The summed E-state index contributed by atoms with van der Waals surface area (Å²) in [6.45, 7) is 3.64. The lowest BCUT2D eigenvalue weighted by atomic mass is 9.88. The Hall–Kier alpha value is -1.95. The van der Waals surface area contributed by atoms with E-state index in [0.29, 0.717) is 30.7 Å². The number of fused-ring (bicyclic) bond motifs is 1. The summed E-state index contributed by atoms with van der Waals surface area (Å²) in [6.07, 6.45) is 7.49. The molecule has 2 aromatic heterocycles. The van der Waals surface area contributed by atoms with Gasteiger partial charge < -0.3 is 4.74 Å². The standard InChI is InChI=1S/C17H21N3O3/c1-17(10-23-11-17)9-19-15(21)13-8-18-7-6-14(13)20(16(19)22)12-4-2-3-5-12/h6-8,12H,2-5,9-11H2,1H3. The predicted molar refractivity (Wildman–Crippen MR) is 86.7 cm³/mol. The first-order valence-corrected chi connectivity index (χ1v) is 8.26. The molecule has 0 N–H and O–H groups in total. The summed E-state index contributed by atoms with van der Waals surface area (Å²) >= 11 is 0. The summed E-state index contributed by atoms with van der Waals surface area (Å²) in [7, 11) is 0. The van der Waals surface area contributed by atoms with Crippen molar-refractivity contribution >= 4 is 10.9 Å². The van der Waals surface area contributed by atoms with Crippen molar-refractivity contribution in [1.82, 2.24) is 14.1 Å². The summed E-state index contributed by atoms with van der Waals surface area (Å²) in [4.78, 5) is 30.0. The summed E-state index contributed by atoms with van der Waals surface area (Å²) in [5.41, 5.74) is 0.161. The van der Waals surface area contributed by atoms with Gasteiger partial charge in [-0.25, -0.2) is 4.79 Å². The normalized spacial score (nSPS) is 20.7. The molecule has 23 heavy (non-hydrogen) atoms. The van der Waals surface area contributed by atoms with E-state index in [1.165, 1.54) is 4.57 Å². The van der Waals surface area contributed by atoms with Crippen LogP contribution in [0.5, 0.6) is 0 Å². The molecule has 0 atom stereocenters. The molecule has 0 aromatic carbocycles. The molecule has 1 aliphatic carbocycles. The van der Waals surface area contributed by atoms with E-state index in [0.717, 1.165) is 25.7 Å². The average molecular weight is 315 g/mol. The Bertz CT molecular complexity index is 857. The Morgan fingerprint density at radius 1 is 1.30 bits per heavy atom. The Balaban J connectivity index is 1.95. The minimum atomic E-state index is -0.236. The second kappa shape index (κ2) is 5.30. The first-order valence-electron chi connectivity index (χ1n) is 8.26. The SMILES string of the molecule is CC1(Cn2c(=O)c3cnccc3n(C3CCCC3)c2=O)COC1. The van der Waals surface area contributed by atoms with E-state index in [9.17, 15) is 9.59 Å². The summed E-state index contributed by atoms with van der Waals surface area (Å²) in [5.74, 6) is 0. The highest BCUT2D eigenvalue weighted by atomic mass is 16.5. The van der Waals surface area contributed by atoms with Gasteiger partial charge >= 0.3 is 5.69 Å². The quantitative estimate of drug-likeness (QED) is 0.865. The number of hydrogen-bond acceptors (Lipinski definition) is 4. The predicted octanol–water partition coefficient (Wildman–Crippen LogP) is 1.71. The van der Waals surface area contributed by atoms with Crippen LogP contribution < -0.4 is 11.2 Å². The number of pyridine rings is 1. The number of nitrogens with zero attached hydrogens (tertiary/aromatic N) is 3. The molecule has 6 nitrogen and oxygen atoms in total. The fourth-order valence-corrected chi connectivity index (χ4v) is 3.81. The van der Waals surface area contributed by atoms with Crippen molar-refractivity contribution < 1.29 is 4.74 Å². The second-order valence-electron chi connectivity index (χ2n) is 7.18. The van der Waals surface area contributed by atoms with Gasteiger partial charge in [0.2, 0.25) is 0 Å². The molecule has 0 radical (unpaired) electrons. The van der Waals surface area contributed by atoms with Crippen LogP contribution in [0.3, 0.4) is 0 Å². The zero-order chi connectivity index (χ0) is 16.0. The Morgan fingerprint density at radius 2 is 2.04 bits per heavy atom. The molecule has 2 fully saturated rings. The highest BCUT2D eigenvalue weighted by molar-refractivity contribution is 5.76. The van der Waals surface area contributed by atoms with E-state index in [4.69, 9.17) is 4.74 Å². The maximum atomic E-state index is 13.1. The molecule has 122 valence electrons. The summed E-state index contributed by atoms with van der Waals surface area (Å²) < 4.78 is 8.49. The van der Waals surface area contributed by atoms with Gasteiger partial charge in [0, 0.05) is 30.4 Å². The van der Waals surface area contributed by atoms with Crippen LogP contribution >= 0.6 is 0 Å². The molecule has 1 aliphatic heterocycles. The van der Waals surface area contributed by atoms with Crippen molar-refractivity contribution in [1.29, 1.82) is 0 Å². The van der Waals surface area contributed by atoms with Crippen LogP contribution in [0.25, 0.3) is 10.9 Å². The maximum Gasteiger partial charge on any atom is 0.331 e. The molecule has 0 spiro atoms. The van der Waals surface area contributed by atoms with Crippen LogP contribution in [0.15, 0.2) is 28.0 Å². The van der Waals surface area contributed by atoms with Gasteiger partial charge in [-0.2, -0.15) is 0 Å². The smallest absolute Gasteiger partial charge is 0.331 e. The Morgan fingerprint density at radius 3 is 2.70 bits per heavy atom. The van der Waals surface area contributed by atoms with Gasteiger partial charge in [-0.05, 0) is 18.9 Å². The molecule has 6 heteroatoms. The molecule has 2 aromatic rings. The van der Waals surface area contributed by atoms with Gasteiger partial charge in [-0.15, -0.1) is 0 Å². The van der Waals surface area contributed by atoms with Gasteiger partial charge in [0.05, 0.1) is 24.1 Å². The third-order valence-corrected chi connectivity index (χ3v) is 5.10. The second-order valence-corrected chi connectivity index (χ2v) is 7.18. The van der Waals surface area contributed by atoms with Crippen molar-refractivity contribution in [2.75, 3.05) is 13.2 Å². The van der Waals surface area contributed by atoms with Gasteiger partial charge in [-0.3, -0.25) is 18.9 Å². The van der Waals surface area contributed by atoms with E-state index in [1.807, 2.05) is 4.57 Å². The zero-order valence-corrected chi connectivity index (χ0v) is 13.3. The van der Waals surface area contributed by atoms with Crippen molar-refractivity contribution in [2.24, 2.45) is 5.41 Å². The molecular formula is C17H21N3O3. The van der Waals surface area contributed by atoms with Crippen molar-refractivity contribution in [3.63, 3.8) is 0 Å². The van der Waals surface area contributed by atoms with E-state index in [-0.39, 0.29) is 22.7 Å². The summed E-state index contributed by atoms with van der Waals surface area (Å²) in [6, 6.07) is 1.97. The molecule has 1 saturated heterocycles. The molecule has 2 aliphatic rings. The Kier molecular flexibility index (Phi) is 3.37. The molecular weight excluding hydrogens is 294 g/mol. The lowest BCUT2D eigenvalue weighted by Crippen LogP contribution is -2.50. The zero-order valence-electron chi connectivity index (χ0n) is 13.3. The molecule has 0 unspecified atom stereocenters. The molecule has 3 heterocycles. The minimum absolute atomic E-state index is 0.133. The number of ether oxygens (including phenoxy) is 1. The first kappa shape index (κ1) is 14.6. The highest BCUT2D eigenvalue weighted by Crippen LogP contribution is 2.31. The fraction of sp³-hybridized carbons (Fsp3) is 0.588. The lowest BCUT2D eigenvalue weighted by molar-refractivity contribution is -0.111. The van der Waals surface area contributed by atoms with Crippen LogP contribution in [0.2, 0.25) is 0 Å². The average Bonchev–Trinajstić information content (AvgIpc) is 3.04. The van der Waals surface area contributed by atoms with E-state index < -0.39 is 0 Å². The lowest BCUT2D eigenvalue weighted by Gasteiger charge is -2.38. The van der Waals surface area contributed by atoms with Crippen LogP contribution in [-0.4, -0.2) is 27.3 Å². The van der Waals surface area contributed by atoms with Gasteiger partial charge in [0.1, 0.15) is 0 Å². The van der Waals surface area contributed by atoms with Gasteiger partial charge in [0.25, 0.3) is 5.56 Å². The van der Waals surface area contributed by atoms with Crippen LogP contribution in [-0.2, 0) is 11.3 Å². The van der Waals surface area contributed by atoms with E-state index in [1.54, 1.807) is 18.5 Å². The highest BCUT2D eigenvalue weighted by Gasteiger charge is 2.35. The van der Waals surface area contributed by atoms with E-state index in [2.05, 4.69) is 11.9 Å². The monoisotopic (exact) mass is 315 g/mol. The Labute approximate surface area is 133 Å². The van der Waals surface area contributed by atoms with Gasteiger partial charge in [-0.1, -0.05) is 19.8 Å². The minimum Gasteiger partial charge on any atom is -0.380 e. The molecule has 0 bridgehead atoms. The first-order chi connectivity index (χ1) is 11.1. The number of rotatable bonds is 3. The molecule has 4 rings (SSSR count). The van der Waals surface area contributed by atoms with Crippen molar-refractivity contribution in [2.45, 2.75) is 45.2 Å². The van der Waals surface area contributed by atoms with E-state index >= 15 is 0 Å².